The number of benzene rings is 1. The minimum absolute atomic E-state index is 0.00229. The van der Waals surface area contributed by atoms with Crippen molar-refractivity contribution >= 4 is 15.7 Å². The second kappa shape index (κ2) is 10.2. The second-order valence-corrected chi connectivity index (χ2v) is 7.11. The maximum absolute atomic E-state index is 11.6. The van der Waals surface area contributed by atoms with E-state index in [1.54, 1.807) is 12.1 Å². The minimum atomic E-state index is -3.19. The Morgan fingerprint density at radius 2 is 1.83 bits per heavy atom. The van der Waals surface area contributed by atoms with Crippen LogP contribution in [0.15, 0.2) is 29.2 Å². The van der Waals surface area contributed by atoms with Gasteiger partial charge < -0.3 is 14.8 Å². The Labute approximate surface area is 138 Å². The van der Waals surface area contributed by atoms with Crippen LogP contribution in [0.5, 0.6) is 5.75 Å². The Morgan fingerprint density at radius 3 is 2.43 bits per heavy atom. The van der Waals surface area contributed by atoms with E-state index in [-0.39, 0.29) is 10.8 Å². The summed E-state index contributed by atoms with van der Waals surface area (Å²) < 4.78 is 33.3. The smallest absolute Gasteiger partial charge is 0.220 e. The monoisotopic (exact) mass is 343 g/mol. The predicted octanol–water partition coefficient (Wildman–Crippen LogP) is 1.79. The Hall–Kier alpha value is -1.60. The summed E-state index contributed by atoms with van der Waals surface area (Å²) in [6.45, 7) is 4.31. The number of ether oxygens (including phenoxy) is 2. The van der Waals surface area contributed by atoms with Crippen molar-refractivity contribution in [3.63, 3.8) is 0 Å². The molecule has 23 heavy (non-hydrogen) atoms. The number of hydrogen-bond acceptors (Lipinski definition) is 5. The molecule has 0 radical (unpaired) electrons. The zero-order valence-corrected chi connectivity index (χ0v) is 14.5. The first-order valence-electron chi connectivity index (χ1n) is 7.71. The molecule has 0 unspecified atom stereocenters. The fraction of sp³-hybridized carbons (Fsp3) is 0.562. The Morgan fingerprint density at radius 1 is 1.13 bits per heavy atom. The largest absolute Gasteiger partial charge is 0.494 e. The van der Waals surface area contributed by atoms with Gasteiger partial charge >= 0.3 is 0 Å². The van der Waals surface area contributed by atoms with Crippen molar-refractivity contribution < 1.29 is 22.7 Å². The number of rotatable bonds is 11. The summed E-state index contributed by atoms with van der Waals surface area (Å²) in [5, 5.41) is 2.82. The second-order valence-electron chi connectivity index (χ2n) is 5.10. The molecule has 7 heteroatoms. The van der Waals surface area contributed by atoms with Crippen LogP contribution in [0.3, 0.4) is 0 Å². The van der Waals surface area contributed by atoms with Gasteiger partial charge in [-0.25, -0.2) is 8.42 Å². The molecule has 0 saturated carbocycles. The molecule has 1 aromatic carbocycles. The van der Waals surface area contributed by atoms with Gasteiger partial charge in [0.05, 0.1) is 11.5 Å². The van der Waals surface area contributed by atoms with Gasteiger partial charge in [0.15, 0.2) is 9.84 Å². The zero-order valence-electron chi connectivity index (χ0n) is 13.7. The standard InChI is InChI=1S/C16H25NO5S/c1-3-21-12-5-11-17-16(18)6-4-13-22-14-7-9-15(10-8-14)23(2,19)20/h7-10H,3-6,11-13H2,1-2H3,(H,17,18). The molecular formula is C16H25NO5S. The molecule has 0 spiro atoms. The van der Waals surface area contributed by atoms with Gasteiger partial charge in [-0.15, -0.1) is 0 Å². The molecule has 6 nitrogen and oxygen atoms in total. The lowest BCUT2D eigenvalue weighted by Gasteiger charge is -2.08. The van der Waals surface area contributed by atoms with E-state index in [2.05, 4.69) is 5.32 Å². The van der Waals surface area contributed by atoms with Gasteiger partial charge in [0.25, 0.3) is 0 Å². The Bertz CT molecular complexity index is 569. The molecule has 0 bridgehead atoms. The lowest BCUT2D eigenvalue weighted by molar-refractivity contribution is -0.121. The molecule has 1 rings (SSSR count). The Balaban J connectivity index is 2.16. The maximum atomic E-state index is 11.6. The number of sulfone groups is 1. The van der Waals surface area contributed by atoms with Crippen LogP contribution in [-0.2, 0) is 19.4 Å². The van der Waals surface area contributed by atoms with E-state index in [0.29, 0.717) is 45.0 Å². The van der Waals surface area contributed by atoms with Crippen LogP contribution in [0.25, 0.3) is 0 Å². The van der Waals surface area contributed by atoms with Crippen LogP contribution in [0.4, 0.5) is 0 Å². The first-order chi connectivity index (χ1) is 10.9. The third-order valence-electron chi connectivity index (χ3n) is 3.06. The third-order valence-corrected chi connectivity index (χ3v) is 4.19. The summed E-state index contributed by atoms with van der Waals surface area (Å²) in [6, 6.07) is 6.25. The van der Waals surface area contributed by atoms with Crippen LogP contribution in [-0.4, -0.2) is 46.9 Å². The molecule has 0 aliphatic heterocycles. The van der Waals surface area contributed by atoms with Gasteiger partial charge in [0, 0.05) is 32.4 Å². The van der Waals surface area contributed by atoms with Gasteiger partial charge in [0.1, 0.15) is 5.75 Å². The van der Waals surface area contributed by atoms with Crippen molar-refractivity contribution in [2.45, 2.75) is 31.1 Å². The average Bonchev–Trinajstić information content (AvgIpc) is 2.51. The summed E-state index contributed by atoms with van der Waals surface area (Å²) in [5.41, 5.74) is 0. The van der Waals surface area contributed by atoms with Crippen molar-refractivity contribution in [1.29, 1.82) is 0 Å². The van der Waals surface area contributed by atoms with Gasteiger partial charge in [-0.2, -0.15) is 0 Å². The molecule has 0 heterocycles. The highest BCUT2D eigenvalue weighted by Crippen LogP contribution is 2.16. The normalized spacial score (nSPS) is 11.2. The van der Waals surface area contributed by atoms with Crippen molar-refractivity contribution in [3.05, 3.63) is 24.3 Å². The lowest BCUT2D eigenvalue weighted by Crippen LogP contribution is -2.25. The predicted molar refractivity (Wildman–Crippen MR) is 88.4 cm³/mol. The highest BCUT2D eigenvalue weighted by atomic mass is 32.2. The molecule has 0 saturated heterocycles. The quantitative estimate of drug-likeness (QED) is 0.620. The van der Waals surface area contributed by atoms with Crippen LogP contribution in [0.2, 0.25) is 0 Å². The highest BCUT2D eigenvalue weighted by Gasteiger charge is 2.06. The fourth-order valence-electron chi connectivity index (χ4n) is 1.84. The van der Waals surface area contributed by atoms with E-state index < -0.39 is 9.84 Å². The van der Waals surface area contributed by atoms with E-state index in [1.165, 1.54) is 12.1 Å². The molecule has 0 atom stereocenters. The maximum Gasteiger partial charge on any atom is 0.220 e. The zero-order chi connectivity index (χ0) is 17.1. The van der Waals surface area contributed by atoms with Gasteiger partial charge in [-0.1, -0.05) is 0 Å². The molecule has 1 N–H and O–H groups in total. The van der Waals surface area contributed by atoms with Crippen LogP contribution >= 0.6 is 0 Å². The summed E-state index contributed by atoms with van der Waals surface area (Å²) in [4.78, 5) is 11.8. The summed E-state index contributed by atoms with van der Waals surface area (Å²) >= 11 is 0. The van der Waals surface area contributed by atoms with Crippen molar-refractivity contribution in [3.8, 4) is 5.75 Å². The highest BCUT2D eigenvalue weighted by molar-refractivity contribution is 7.90. The van der Waals surface area contributed by atoms with E-state index >= 15 is 0 Å². The molecule has 0 aromatic heterocycles. The number of carbonyl (C=O) groups is 1. The van der Waals surface area contributed by atoms with E-state index in [4.69, 9.17) is 9.47 Å². The third kappa shape index (κ3) is 8.56. The Kier molecular flexibility index (Phi) is 8.65. The first-order valence-corrected chi connectivity index (χ1v) is 9.60. The first kappa shape index (κ1) is 19.4. The van der Waals surface area contributed by atoms with Gasteiger partial charge in [-0.3, -0.25) is 4.79 Å². The lowest BCUT2D eigenvalue weighted by atomic mass is 10.3. The van der Waals surface area contributed by atoms with Crippen LogP contribution < -0.4 is 10.1 Å². The van der Waals surface area contributed by atoms with E-state index in [1.807, 2.05) is 6.92 Å². The number of amides is 1. The van der Waals surface area contributed by atoms with E-state index in [0.717, 1.165) is 12.7 Å². The molecule has 1 amide bonds. The van der Waals surface area contributed by atoms with Crippen LogP contribution in [0, 0.1) is 0 Å². The molecule has 0 fully saturated rings. The molecule has 0 aliphatic carbocycles. The van der Waals surface area contributed by atoms with Crippen molar-refractivity contribution in [2.24, 2.45) is 0 Å². The summed E-state index contributed by atoms with van der Waals surface area (Å²) in [6.07, 6.45) is 2.97. The molecule has 1 aromatic rings. The van der Waals surface area contributed by atoms with E-state index in [9.17, 15) is 13.2 Å². The topological polar surface area (TPSA) is 81.7 Å². The number of hydrogen-bond donors (Lipinski definition) is 1. The molecule has 0 aliphatic rings. The number of carbonyl (C=O) groups excluding carboxylic acids is 1. The summed E-state index contributed by atoms with van der Waals surface area (Å²) in [5.74, 6) is 0.590. The molecular weight excluding hydrogens is 318 g/mol. The SMILES string of the molecule is CCOCCCNC(=O)CCCOc1ccc(S(C)(=O)=O)cc1. The van der Waals surface area contributed by atoms with Gasteiger partial charge in [0.2, 0.25) is 5.91 Å². The van der Waals surface area contributed by atoms with Gasteiger partial charge in [-0.05, 0) is 44.0 Å². The van der Waals surface area contributed by atoms with Crippen LogP contribution in [0.1, 0.15) is 26.2 Å². The molecule has 130 valence electrons. The van der Waals surface area contributed by atoms with Crippen molar-refractivity contribution in [1.82, 2.24) is 5.32 Å². The average molecular weight is 343 g/mol. The minimum Gasteiger partial charge on any atom is -0.494 e. The number of nitrogens with one attached hydrogen (secondary N) is 1. The van der Waals surface area contributed by atoms with Crippen molar-refractivity contribution in [2.75, 3.05) is 32.6 Å². The fourth-order valence-corrected chi connectivity index (χ4v) is 2.47. The summed E-state index contributed by atoms with van der Waals surface area (Å²) in [7, 11) is -3.19.